The number of nitrogens with zero attached hydrogens (tertiary/aromatic N) is 2. The number of piperidine rings is 1. The lowest BCUT2D eigenvalue weighted by atomic mass is 10.0. The van der Waals surface area contributed by atoms with Crippen molar-refractivity contribution in [3.63, 3.8) is 0 Å². The molecule has 0 amide bonds. The molecule has 0 radical (unpaired) electrons. The summed E-state index contributed by atoms with van der Waals surface area (Å²) < 4.78 is 29.1. The summed E-state index contributed by atoms with van der Waals surface area (Å²) in [6.45, 7) is 4.27. The van der Waals surface area contributed by atoms with Crippen molar-refractivity contribution in [3.05, 3.63) is 0 Å². The molecule has 0 bridgehead atoms. The number of rotatable bonds is 3. The van der Waals surface area contributed by atoms with Gasteiger partial charge in [-0.1, -0.05) is 35.7 Å². The Bertz CT molecular complexity index is 380. The van der Waals surface area contributed by atoms with Crippen LogP contribution >= 0.6 is 15.9 Å². The molecule has 0 aliphatic carbocycles. The van der Waals surface area contributed by atoms with E-state index in [2.05, 4.69) is 22.9 Å². The number of hydrogen-bond acceptors (Lipinski definition) is 2. The monoisotopic (exact) mass is 352 g/mol. The number of halogens is 1. The van der Waals surface area contributed by atoms with Crippen LogP contribution in [0.2, 0.25) is 0 Å². The molecule has 0 spiro atoms. The second-order valence-electron chi connectivity index (χ2n) is 5.86. The fourth-order valence-corrected chi connectivity index (χ4v) is 5.72. The predicted molar refractivity (Wildman–Crippen MR) is 81.6 cm³/mol. The molecule has 2 aliphatic heterocycles. The van der Waals surface area contributed by atoms with E-state index in [1.54, 1.807) is 8.61 Å². The summed E-state index contributed by atoms with van der Waals surface area (Å²) in [4.78, 5) is 0. The highest BCUT2D eigenvalue weighted by molar-refractivity contribution is 9.09. The highest BCUT2D eigenvalue weighted by atomic mass is 79.9. The van der Waals surface area contributed by atoms with Crippen molar-refractivity contribution in [2.75, 3.05) is 25.0 Å². The molecule has 2 fully saturated rings. The maximum Gasteiger partial charge on any atom is 0.282 e. The van der Waals surface area contributed by atoms with Gasteiger partial charge in [-0.15, -0.1) is 0 Å². The van der Waals surface area contributed by atoms with Gasteiger partial charge in [0.25, 0.3) is 10.2 Å². The third-order valence-electron chi connectivity index (χ3n) is 4.37. The molecule has 2 aliphatic rings. The average molecular weight is 353 g/mol. The van der Waals surface area contributed by atoms with Crippen LogP contribution in [0.1, 0.15) is 45.4 Å². The van der Waals surface area contributed by atoms with E-state index in [0.717, 1.165) is 43.9 Å². The van der Waals surface area contributed by atoms with E-state index >= 15 is 0 Å². The van der Waals surface area contributed by atoms with Crippen molar-refractivity contribution in [1.29, 1.82) is 0 Å². The molecule has 0 aromatic rings. The normalized spacial score (nSPS) is 29.3. The van der Waals surface area contributed by atoms with Crippen LogP contribution in [0.15, 0.2) is 0 Å². The fourth-order valence-electron chi connectivity index (χ4n) is 2.97. The second-order valence-corrected chi connectivity index (χ2v) is 8.39. The highest BCUT2D eigenvalue weighted by Crippen LogP contribution is 2.26. The molecular formula is C13H25BrN2O2S. The Hall–Kier alpha value is 0.350. The lowest BCUT2D eigenvalue weighted by molar-refractivity contribution is 0.251. The third kappa shape index (κ3) is 3.71. The van der Waals surface area contributed by atoms with Gasteiger partial charge in [-0.3, -0.25) is 0 Å². The first kappa shape index (κ1) is 15.7. The molecule has 4 nitrogen and oxygen atoms in total. The van der Waals surface area contributed by atoms with Gasteiger partial charge in [0, 0.05) is 31.0 Å². The molecule has 2 heterocycles. The molecule has 112 valence electrons. The SMILES string of the molecule is CC1CCN(S(=O)(=O)N2CCCCCC2CBr)CC1. The van der Waals surface area contributed by atoms with Crippen molar-refractivity contribution in [2.24, 2.45) is 5.92 Å². The van der Waals surface area contributed by atoms with Gasteiger partial charge in [0.1, 0.15) is 0 Å². The average Bonchev–Trinajstić information content (AvgIpc) is 2.64. The minimum absolute atomic E-state index is 0.131. The van der Waals surface area contributed by atoms with E-state index in [4.69, 9.17) is 0 Å². The molecule has 1 unspecified atom stereocenters. The Balaban J connectivity index is 2.12. The Morgan fingerprint density at radius 1 is 1.05 bits per heavy atom. The lowest BCUT2D eigenvalue weighted by Crippen LogP contribution is -2.51. The van der Waals surface area contributed by atoms with Crippen LogP contribution in [-0.2, 0) is 10.2 Å². The fraction of sp³-hybridized carbons (Fsp3) is 1.00. The summed E-state index contributed by atoms with van der Waals surface area (Å²) in [5.74, 6) is 0.655. The zero-order valence-electron chi connectivity index (χ0n) is 11.7. The Morgan fingerprint density at radius 3 is 2.37 bits per heavy atom. The summed E-state index contributed by atoms with van der Waals surface area (Å²) >= 11 is 3.49. The first-order valence-electron chi connectivity index (χ1n) is 7.38. The van der Waals surface area contributed by atoms with E-state index in [-0.39, 0.29) is 6.04 Å². The van der Waals surface area contributed by atoms with Gasteiger partial charge < -0.3 is 0 Å². The summed E-state index contributed by atoms with van der Waals surface area (Å²) in [5, 5.41) is 0.747. The van der Waals surface area contributed by atoms with E-state index in [1.807, 2.05) is 0 Å². The Morgan fingerprint density at radius 2 is 1.74 bits per heavy atom. The van der Waals surface area contributed by atoms with Gasteiger partial charge in [-0.2, -0.15) is 17.0 Å². The van der Waals surface area contributed by atoms with Gasteiger partial charge in [0.05, 0.1) is 0 Å². The molecule has 0 aromatic heterocycles. The van der Waals surface area contributed by atoms with Gasteiger partial charge in [0.2, 0.25) is 0 Å². The largest absolute Gasteiger partial charge is 0.282 e. The van der Waals surface area contributed by atoms with Crippen LogP contribution in [-0.4, -0.2) is 48.0 Å². The van der Waals surface area contributed by atoms with E-state index in [1.165, 1.54) is 0 Å². The van der Waals surface area contributed by atoms with Crippen LogP contribution in [0, 0.1) is 5.92 Å². The number of alkyl halides is 1. The summed E-state index contributed by atoms with van der Waals surface area (Å²) in [5.41, 5.74) is 0. The van der Waals surface area contributed by atoms with Crippen LogP contribution in [0.5, 0.6) is 0 Å². The topological polar surface area (TPSA) is 40.6 Å². The van der Waals surface area contributed by atoms with Crippen LogP contribution in [0.3, 0.4) is 0 Å². The summed E-state index contributed by atoms with van der Waals surface area (Å²) in [6.07, 6.45) is 6.24. The van der Waals surface area contributed by atoms with Crippen molar-refractivity contribution >= 4 is 26.1 Å². The lowest BCUT2D eigenvalue weighted by Gasteiger charge is -2.36. The zero-order chi connectivity index (χ0) is 13.9. The van der Waals surface area contributed by atoms with Crippen molar-refractivity contribution in [2.45, 2.75) is 51.5 Å². The first-order chi connectivity index (χ1) is 9.05. The summed E-state index contributed by atoms with van der Waals surface area (Å²) in [6, 6.07) is 0.131. The molecule has 0 aromatic carbocycles. The van der Waals surface area contributed by atoms with Gasteiger partial charge in [0.15, 0.2) is 0 Å². The van der Waals surface area contributed by atoms with Crippen LogP contribution in [0.25, 0.3) is 0 Å². The maximum atomic E-state index is 12.8. The highest BCUT2D eigenvalue weighted by Gasteiger charge is 2.36. The van der Waals surface area contributed by atoms with Gasteiger partial charge >= 0.3 is 0 Å². The first-order valence-corrected chi connectivity index (χ1v) is 9.90. The zero-order valence-corrected chi connectivity index (χ0v) is 14.1. The smallest absolute Gasteiger partial charge is 0.195 e. The molecule has 0 N–H and O–H groups in total. The van der Waals surface area contributed by atoms with Crippen LogP contribution in [0.4, 0.5) is 0 Å². The van der Waals surface area contributed by atoms with Gasteiger partial charge in [-0.05, 0) is 31.6 Å². The van der Waals surface area contributed by atoms with Gasteiger partial charge in [-0.25, -0.2) is 0 Å². The minimum Gasteiger partial charge on any atom is -0.195 e. The standard InChI is InChI=1S/C13H25BrN2O2S/c1-12-6-9-15(10-7-12)19(17,18)16-8-4-2-3-5-13(16)11-14/h12-13H,2-11H2,1H3. The second kappa shape index (κ2) is 6.87. The molecule has 0 saturated carbocycles. The molecule has 19 heavy (non-hydrogen) atoms. The van der Waals surface area contributed by atoms with E-state index in [9.17, 15) is 8.42 Å². The minimum atomic E-state index is -3.26. The molecule has 6 heteroatoms. The maximum absolute atomic E-state index is 12.8. The van der Waals surface area contributed by atoms with E-state index in [0.29, 0.717) is 25.6 Å². The molecule has 2 rings (SSSR count). The third-order valence-corrected chi connectivity index (χ3v) is 7.21. The molecule has 1 atom stereocenters. The summed E-state index contributed by atoms with van der Waals surface area (Å²) in [7, 11) is -3.26. The quantitative estimate of drug-likeness (QED) is 0.732. The Labute approximate surface area is 125 Å². The predicted octanol–water partition coefficient (Wildman–Crippen LogP) is 2.60. The van der Waals surface area contributed by atoms with Crippen molar-refractivity contribution in [3.8, 4) is 0 Å². The Kier molecular flexibility index (Phi) is 5.69. The van der Waals surface area contributed by atoms with Crippen molar-refractivity contribution in [1.82, 2.24) is 8.61 Å². The van der Waals surface area contributed by atoms with E-state index < -0.39 is 10.2 Å². The van der Waals surface area contributed by atoms with Crippen molar-refractivity contribution < 1.29 is 8.42 Å². The molecule has 2 saturated heterocycles. The van der Waals surface area contributed by atoms with Crippen LogP contribution < -0.4 is 0 Å². The molecular weight excluding hydrogens is 328 g/mol. The number of hydrogen-bond donors (Lipinski definition) is 0.